The first kappa shape index (κ1) is 19.7. The number of anilines is 1. The number of halogens is 2. The van der Waals surface area contributed by atoms with Crippen molar-refractivity contribution in [1.29, 1.82) is 0 Å². The first-order valence-electron chi connectivity index (χ1n) is 6.33. The van der Waals surface area contributed by atoms with Crippen LogP contribution in [0.1, 0.15) is 17.5 Å². The predicted molar refractivity (Wildman–Crippen MR) is 89.8 cm³/mol. The predicted octanol–water partition coefficient (Wildman–Crippen LogP) is 2.08. The summed E-state index contributed by atoms with van der Waals surface area (Å²) in [4.78, 5) is 17.7. The lowest BCUT2D eigenvalue weighted by Crippen LogP contribution is -2.43. The van der Waals surface area contributed by atoms with Gasteiger partial charge in [-0.15, -0.1) is 24.8 Å². The van der Waals surface area contributed by atoms with Gasteiger partial charge in [-0.3, -0.25) is 9.79 Å². The van der Waals surface area contributed by atoms with E-state index in [2.05, 4.69) is 11.1 Å². The highest BCUT2D eigenvalue weighted by molar-refractivity contribution is 6.42. The molecule has 0 spiro atoms. The summed E-state index contributed by atoms with van der Waals surface area (Å²) >= 11 is 0. The molecule has 21 heavy (non-hydrogen) atoms. The Balaban J connectivity index is 0.00000200. The molecule has 0 saturated heterocycles. The van der Waals surface area contributed by atoms with E-state index in [0.717, 1.165) is 17.7 Å². The van der Waals surface area contributed by atoms with Crippen molar-refractivity contribution in [2.45, 2.75) is 19.9 Å². The summed E-state index contributed by atoms with van der Waals surface area (Å²) in [5.74, 6) is -0.143. The zero-order chi connectivity index (χ0) is 13.8. The van der Waals surface area contributed by atoms with E-state index in [-0.39, 0.29) is 24.8 Å². The fraction of sp³-hybridized carbons (Fsp3) is 0.429. The Labute approximate surface area is 137 Å². The molecule has 2 N–H and O–H groups in total. The van der Waals surface area contributed by atoms with E-state index < -0.39 is 5.91 Å². The first-order chi connectivity index (χ1) is 9.13. The van der Waals surface area contributed by atoms with Gasteiger partial charge in [0.05, 0.1) is 6.54 Å². The van der Waals surface area contributed by atoms with Crippen molar-refractivity contribution in [3.63, 3.8) is 0 Å². The maximum atomic E-state index is 11.5. The number of benzene rings is 1. The fourth-order valence-electron chi connectivity index (χ4n) is 2.27. The van der Waals surface area contributed by atoms with E-state index in [1.165, 1.54) is 5.56 Å². The van der Waals surface area contributed by atoms with E-state index in [0.29, 0.717) is 25.5 Å². The van der Waals surface area contributed by atoms with Crippen molar-refractivity contribution in [1.82, 2.24) is 0 Å². The highest BCUT2D eigenvalue weighted by Crippen LogP contribution is 2.27. The number of ether oxygens (including phenoxy) is 1. The van der Waals surface area contributed by atoms with Crippen LogP contribution in [-0.2, 0) is 16.1 Å². The second-order valence-electron chi connectivity index (χ2n) is 4.63. The van der Waals surface area contributed by atoms with Crippen molar-refractivity contribution >= 4 is 42.2 Å². The van der Waals surface area contributed by atoms with Gasteiger partial charge in [-0.25, -0.2) is 0 Å². The van der Waals surface area contributed by atoms with Crippen molar-refractivity contribution in [2.24, 2.45) is 10.7 Å². The standard InChI is InChI=1S/C14H19N3O2.2ClH/c1-10-4-5-12-11(8-10)9-16-14(13(15)18)17(12)6-3-7-19-2;;/h4-5,8H,3,6-7,9H2,1-2H3,(H2,15,18);2*1H. The number of carbonyl (C=O) groups is 1. The third-order valence-electron chi connectivity index (χ3n) is 3.13. The number of methoxy groups -OCH3 is 1. The van der Waals surface area contributed by atoms with E-state index in [1.807, 2.05) is 24.0 Å². The van der Waals surface area contributed by atoms with E-state index in [9.17, 15) is 4.79 Å². The Morgan fingerprint density at radius 1 is 1.43 bits per heavy atom. The van der Waals surface area contributed by atoms with Gasteiger partial charge in [0.2, 0.25) is 0 Å². The number of aliphatic imine (C=N–C) groups is 1. The summed E-state index contributed by atoms with van der Waals surface area (Å²) in [7, 11) is 1.66. The van der Waals surface area contributed by atoms with Gasteiger partial charge < -0.3 is 15.4 Å². The topological polar surface area (TPSA) is 67.9 Å². The molecule has 0 atom stereocenters. The highest BCUT2D eigenvalue weighted by Gasteiger charge is 2.24. The summed E-state index contributed by atoms with van der Waals surface area (Å²) in [6.45, 7) is 3.87. The van der Waals surface area contributed by atoms with Crippen LogP contribution in [0.15, 0.2) is 23.2 Å². The Hall–Kier alpha value is -1.30. The Kier molecular flexibility index (Phi) is 8.32. The second kappa shape index (κ2) is 8.87. The molecule has 0 fully saturated rings. The quantitative estimate of drug-likeness (QED) is 0.839. The number of fused-ring (bicyclic) bond motifs is 1. The molecule has 0 aliphatic carbocycles. The zero-order valence-electron chi connectivity index (χ0n) is 12.2. The van der Waals surface area contributed by atoms with Crippen LogP contribution < -0.4 is 10.6 Å². The maximum Gasteiger partial charge on any atom is 0.284 e. The van der Waals surface area contributed by atoms with Crippen LogP contribution in [0.5, 0.6) is 0 Å². The molecule has 1 amide bonds. The highest BCUT2D eigenvalue weighted by atomic mass is 35.5. The molecule has 0 saturated carbocycles. The number of hydrogen-bond acceptors (Lipinski definition) is 4. The van der Waals surface area contributed by atoms with E-state index >= 15 is 0 Å². The Morgan fingerprint density at radius 2 is 2.14 bits per heavy atom. The number of amides is 1. The number of amidine groups is 1. The number of carbonyl (C=O) groups excluding carboxylic acids is 1. The maximum absolute atomic E-state index is 11.5. The lowest BCUT2D eigenvalue weighted by Gasteiger charge is -2.30. The van der Waals surface area contributed by atoms with E-state index in [1.54, 1.807) is 7.11 Å². The minimum atomic E-state index is -0.483. The molecular formula is C14H21Cl2N3O2. The molecule has 1 aliphatic heterocycles. The number of primary amides is 1. The lowest BCUT2D eigenvalue weighted by atomic mass is 10.1. The van der Waals surface area contributed by atoms with Gasteiger partial charge in [-0.05, 0) is 25.0 Å². The Bertz CT molecular complexity index is 521. The molecule has 0 bridgehead atoms. The third-order valence-corrected chi connectivity index (χ3v) is 3.13. The number of nitrogens with zero attached hydrogens (tertiary/aromatic N) is 2. The van der Waals surface area contributed by atoms with Gasteiger partial charge in [-0.1, -0.05) is 17.7 Å². The summed E-state index contributed by atoms with van der Waals surface area (Å²) < 4.78 is 5.05. The number of rotatable bonds is 5. The van der Waals surface area contributed by atoms with Gasteiger partial charge in [0.1, 0.15) is 0 Å². The smallest absolute Gasteiger partial charge is 0.284 e. The van der Waals surface area contributed by atoms with Gasteiger partial charge in [-0.2, -0.15) is 0 Å². The van der Waals surface area contributed by atoms with Crippen molar-refractivity contribution in [2.75, 3.05) is 25.2 Å². The molecule has 1 aromatic rings. The molecule has 0 unspecified atom stereocenters. The molecular weight excluding hydrogens is 313 g/mol. The van der Waals surface area contributed by atoms with E-state index in [4.69, 9.17) is 10.5 Å². The summed E-state index contributed by atoms with van der Waals surface area (Å²) in [6.07, 6.45) is 0.816. The minimum absolute atomic E-state index is 0. The minimum Gasteiger partial charge on any atom is -0.385 e. The molecule has 5 nitrogen and oxygen atoms in total. The molecule has 1 heterocycles. The molecule has 0 aromatic heterocycles. The van der Waals surface area contributed by atoms with Gasteiger partial charge in [0, 0.05) is 25.9 Å². The van der Waals surface area contributed by atoms with Crippen LogP contribution >= 0.6 is 24.8 Å². The average Bonchev–Trinajstić information content (AvgIpc) is 2.38. The fourth-order valence-corrected chi connectivity index (χ4v) is 2.27. The van der Waals surface area contributed by atoms with Gasteiger partial charge in [0.15, 0.2) is 5.84 Å². The molecule has 118 valence electrons. The van der Waals surface area contributed by atoms with Gasteiger partial charge >= 0.3 is 0 Å². The number of hydrogen-bond donors (Lipinski definition) is 1. The monoisotopic (exact) mass is 333 g/mol. The first-order valence-corrected chi connectivity index (χ1v) is 6.33. The summed E-state index contributed by atoms with van der Waals surface area (Å²) in [5, 5.41) is 0. The lowest BCUT2D eigenvalue weighted by molar-refractivity contribution is -0.112. The largest absolute Gasteiger partial charge is 0.385 e. The SMILES string of the molecule is COCCCN1C(C(N)=O)=NCc2cc(C)ccc21.Cl.Cl. The number of nitrogens with two attached hydrogens (primary N) is 1. The van der Waals surface area contributed by atoms with Crippen LogP contribution in [0.4, 0.5) is 5.69 Å². The van der Waals surface area contributed by atoms with Crippen LogP contribution in [0.25, 0.3) is 0 Å². The summed E-state index contributed by atoms with van der Waals surface area (Å²) in [6, 6.07) is 6.15. The average molecular weight is 334 g/mol. The molecule has 1 aromatic carbocycles. The molecule has 0 radical (unpaired) electrons. The molecule has 7 heteroatoms. The zero-order valence-corrected chi connectivity index (χ0v) is 13.8. The van der Waals surface area contributed by atoms with Crippen LogP contribution in [0.2, 0.25) is 0 Å². The number of aryl methyl sites for hydroxylation is 1. The van der Waals surface area contributed by atoms with Gasteiger partial charge in [0.25, 0.3) is 5.91 Å². The second-order valence-corrected chi connectivity index (χ2v) is 4.63. The van der Waals surface area contributed by atoms with Crippen LogP contribution in [0.3, 0.4) is 0 Å². The summed E-state index contributed by atoms with van der Waals surface area (Å²) in [5.41, 5.74) is 8.74. The van der Waals surface area contributed by atoms with Crippen molar-refractivity contribution in [3.05, 3.63) is 29.3 Å². The molecule has 1 aliphatic rings. The van der Waals surface area contributed by atoms with Crippen molar-refractivity contribution in [3.8, 4) is 0 Å². The van der Waals surface area contributed by atoms with Crippen LogP contribution in [0, 0.1) is 6.92 Å². The molecule has 2 rings (SSSR count). The van der Waals surface area contributed by atoms with Crippen LogP contribution in [-0.4, -0.2) is 32.0 Å². The third kappa shape index (κ3) is 4.59. The normalized spacial score (nSPS) is 12.7. The van der Waals surface area contributed by atoms with Crippen molar-refractivity contribution < 1.29 is 9.53 Å². The Morgan fingerprint density at radius 3 is 2.76 bits per heavy atom.